The van der Waals surface area contributed by atoms with E-state index < -0.39 is 0 Å². The minimum Gasteiger partial charge on any atom is -0.325 e. The van der Waals surface area contributed by atoms with Crippen molar-refractivity contribution >= 4 is 17.7 Å². The molecule has 3 nitrogen and oxygen atoms in total. The van der Waals surface area contributed by atoms with E-state index in [9.17, 15) is 4.79 Å². The maximum atomic E-state index is 11.9. The Hall–Kier alpha value is -0.220. The molecule has 1 heterocycles. The third-order valence-electron chi connectivity index (χ3n) is 2.64. The third-order valence-corrected chi connectivity index (χ3v) is 3.45. The molecule has 1 saturated heterocycles. The number of nitrogens with zero attached hydrogens (tertiary/aromatic N) is 1. The van der Waals surface area contributed by atoms with Gasteiger partial charge < -0.3 is 4.90 Å². The lowest BCUT2D eigenvalue weighted by molar-refractivity contribution is -0.130. The Labute approximate surface area is 90.6 Å². The summed E-state index contributed by atoms with van der Waals surface area (Å²) < 4.78 is 0. The highest BCUT2D eigenvalue weighted by Crippen LogP contribution is 2.16. The average molecular weight is 216 g/mol. The van der Waals surface area contributed by atoms with Crippen LogP contribution in [0.4, 0.5) is 0 Å². The minimum atomic E-state index is 0.0271. The highest BCUT2D eigenvalue weighted by atomic mass is 32.2. The molecule has 2 unspecified atom stereocenters. The van der Waals surface area contributed by atoms with Gasteiger partial charge in [0.1, 0.15) is 0 Å². The van der Waals surface area contributed by atoms with E-state index in [4.69, 9.17) is 0 Å². The first-order chi connectivity index (χ1) is 6.57. The van der Waals surface area contributed by atoms with Crippen molar-refractivity contribution in [1.29, 1.82) is 0 Å². The molecule has 1 fully saturated rings. The summed E-state index contributed by atoms with van der Waals surface area (Å²) in [5.41, 5.74) is 0. The van der Waals surface area contributed by atoms with E-state index in [2.05, 4.69) is 32.3 Å². The van der Waals surface area contributed by atoms with E-state index in [0.717, 1.165) is 5.75 Å². The average Bonchev–Trinajstić information content (AvgIpc) is 2.47. The number of rotatable bonds is 4. The van der Waals surface area contributed by atoms with Gasteiger partial charge in [-0.1, -0.05) is 13.8 Å². The fraction of sp³-hybridized carbons (Fsp3) is 0.900. The second kappa shape index (κ2) is 5.03. The monoisotopic (exact) mass is 216 g/mol. The topological polar surface area (TPSA) is 32.3 Å². The van der Waals surface area contributed by atoms with Crippen LogP contribution in [0.1, 0.15) is 20.8 Å². The summed E-state index contributed by atoms with van der Waals surface area (Å²) in [6.45, 7) is 6.98. The molecule has 1 aliphatic heterocycles. The van der Waals surface area contributed by atoms with Gasteiger partial charge in [0, 0.05) is 11.8 Å². The van der Waals surface area contributed by atoms with Crippen LogP contribution < -0.4 is 5.32 Å². The Morgan fingerprint density at radius 3 is 2.64 bits per heavy atom. The standard InChI is InChI=1S/C10H20N2OS/c1-7(2)9-10(13)12(6-11-9)8(3)5-14-4/h7-9,11H,5-6H2,1-4H3. The van der Waals surface area contributed by atoms with Gasteiger partial charge in [-0.2, -0.15) is 11.8 Å². The summed E-state index contributed by atoms with van der Waals surface area (Å²) in [4.78, 5) is 13.9. The lowest BCUT2D eigenvalue weighted by atomic mass is 10.0. The van der Waals surface area contributed by atoms with Crippen molar-refractivity contribution in [2.45, 2.75) is 32.9 Å². The van der Waals surface area contributed by atoms with Crippen LogP contribution in [-0.4, -0.2) is 41.6 Å². The van der Waals surface area contributed by atoms with Crippen LogP contribution in [0.25, 0.3) is 0 Å². The molecular formula is C10H20N2OS. The Morgan fingerprint density at radius 1 is 1.57 bits per heavy atom. The normalized spacial score (nSPS) is 24.8. The van der Waals surface area contributed by atoms with Gasteiger partial charge in [-0.3, -0.25) is 10.1 Å². The zero-order chi connectivity index (χ0) is 10.7. The van der Waals surface area contributed by atoms with Gasteiger partial charge in [0.15, 0.2) is 0 Å². The number of thioether (sulfide) groups is 1. The van der Waals surface area contributed by atoms with E-state index in [1.54, 1.807) is 11.8 Å². The highest BCUT2D eigenvalue weighted by molar-refractivity contribution is 7.98. The number of amides is 1. The zero-order valence-electron chi connectivity index (χ0n) is 9.41. The summed E-state index contributed by atoms with van der Waals surface area (Å²) in [5.74, 6) is 1.66. The molecule has 1 N–H and O–H groups in total. The van der Waals surface area contributed by atoms with Crippen LogP contribution in [-0.2, 0) is 4.79 Å². The molecule has 0 aromatic rings. The summed E-state index contributed by atoms with van der Waals surface area (Å²) in [6.07, 6.45) is 2.07. The van der Waals surface area contributed by atoms with Crippen molar-refractivity contribution < 1.29 is 4.79 Å². The summed E-state index contributed by atoms with van der Waals surface area (Å²) in [5, 5.41) is 3.26. The van der Waals surface area contributed by atoms with E-state index in [1.807, 2.05) is 4.90 Å². The predicted molar refractivity (Wildman–Crippen MR) is 61.3 cm³/mol. The first-order valence-electron chi connectivity index (χ1n) is 5.10. The van der Waals surface area contributed by atoms with Gasteiger partial charge in [-0.25, -0.2) is 0 Å². The number of carbonyl (C=O) groups is 1. The molecule has 82 valence electrons. The quantitative estimate of drug-likeness (QED) is 0.765. The Bertz CT molecular complexity index is 208. The van der Waals surface area contributed by atoms with E-state index in [0.29, 0.717) is 18.6 Å². The van der Waals surface area contributed by atoms with Crippen LogP contribution in [0.3, 0.4) is 0 Å². The number of hydrogen-bond acceptors (Lipinski definition) is 3. The fourth-order valence-electron chi connectivity index (χ4n) is 1.77. The number of nitrogens with one attached hydrogen (secondary N) is 1. The molecule has 1 amide bonds. The number of hydrogen-bond donors (Lipinski definition) is 1. The number of carbonyl (C=O) groups excluding carboxylic acids is 1. The van der Waals surface area contributed by atoms with Crippen LogP contribution in [0.2, 0.25) is 0 Å². The van der Waals surface area contributed by atoms with Gasteiger partial charge in [-0.05, 0) is 19.1 Å². The predicted octanol–water partition coefficient (Wildman–Crippen LogP) is 1.15. The lowest BCUT2D eigenvalue weighted by Gasteiger charge is -2.23. The van der Waals surface area contributed by atoms with Crippen molar-refractivity contribution in [2.75, 3.05) is 18.7 Å². The van der Waals surface area contributed by atoms with E-state index in [-0.39, 0.29) is 11.9 Å². The lowest BCUT2D eigenvalue weighted by Crippen LogP contribution is -2.39. The van der Waals surface area contributed by atoms with Crippen molar-refractivity contribution in [1.82, 2.24) is 10.2 Å². The summed E-state index contributed by atoms with van der Waals surface area (Å²) >= 11 is 1.79. The van der Waals surface area contributed by atoms with Gasteiger partial charge in [-0.15, -0.1) is 0 Å². The molecule has 0 aromatic heterocycles. The summed E-state index contributed by atoms with van der Waals surface area (Å²) in [6, 6.07) is 0.369. The molecule has 1 rings (SSSR count). The van der Waals surface area contributed by atoms with E-state index in [1.165, 1.54) is 0 Å². The zero-order valence-corrected chi connectivity index (χ0v) is 10.2. The molecule has 0 aromatic carbocycles. The van der Waals surface area contributed by atoms with Gasteiger partial charge in [0.25, 0.3) is 0 Å². The first kappa shape index (κ1) is 11.9. The van der Waals surface area contributed by atoms with Crippen molar-refractivity contribution in [3.05, 3.63) is 0 Å². The summed E-state index contributed by atoms with van der Waals surface area (Å²) in [7, 11) is 0. The third kappa shape index (κ3) is 2.42. The van der Waals surface area contributed by atoms with Gasteiger partial charge >= 0.3 is 0 Å². The van der Waals surface area contributed by atoms with Crippen LogP contribution in [0.15, 0.2) is 0 Å². The van der Waals surface area contributed by atoms with Crippen LogP contribution in [0.5, 0.6) is 0 Å². The molecule has 4 heteroatoms. The molecule has 2 atom stereocenters. The highest BCUT2D eigenvalue weighted by Gasteiger charge is 2.35. The van der Waals surface area contributed by atoms with Crippen molar-refractivity contribution in [3.63, 3.8) is 0 Å². The Morgan fingerprint density at radius 2 is 2.21 bits per heavy atom. The van der Waals surface area contributed by atoms with Gasteiger partial charge in [0.2, 0.25) is 5.91 Å². The maximum absolute atomic E-state index is 11.9. The van der Waals surface area contributed by atoms with E-state index >= 15 is 0 Å². The Balaban J connectivity index is 2.55. The van der Waals surface area contributed by atoms with Crippen LogP contribution in [0, 0.1) is 5.92 Å². The van der Waals surface area contributed by atoms with Crippen LogP contribution >= 0.6 is 11.8 Å². The molecule has 0 saturated carbocycles. The molecule has 0 aliphatic carbocycles. The second-order valence-corrected chi connectivity index (χ2v) is 5.11. The largest absolute Gasteiger partial charge is 0.325 e. The molecule has 1 aliphatic rings. The molecular weight excluding hydrogens is 196 g/mol. The second-order valence-electron chi connectivity index (χ2n) is 4.20. The molecule has 0 radical (unpaired) electrons. The smallest absolute Gasteiger partial charge is 0.241 e. The Kier molecular flexibility index (Phi) is 4.26. The van der Waals surface area contributed by atoms with Gasteiger partial charge in [0.05, 0.1) is 12.7 Å². The molecule has 0 spiro atoms. The van der Waals surface area contributed by atoms with Crippen molar-refractivity contribution in [3.8, 4) is 0 Å². The molecule has 0 bridgehead atoms. The SMILES string of the molecule is CSCC(C)N1CNC(C(C)C)C1=O. The minimum absolute atomic E-state index is 0.0271. The maximum Gasteiger partial charge on any atom is 0.241 e. The first-order valence-corrected chi connectivity index (χ1v) is 6.50. The van der Waals surface area contributed by atoms with Crippen molar-refractivity contribution in [2.24, 2.45) is 5.92 Å². The fourth-order valence-corrected chi connectivity index (χ4v) is 2.43. The molecule has 14 heavy (non-hydrogen) atoms.